The lowest BCUT2D eigenvalue weighted by Gasteiger charge is -2.27. The molecule has 112 valence electrons. The minimum Gasteiger partial charge on any atom is -0.336 e. The lowest BCUT2D eigenvalue weighted by atomic mass is 10.1. The third-order valence-corrected chi connectivity index (χ3v) is 3.54. The van der Waals surface area contributed by atoms with Crippen LogP contribution in [0, 0.1) is 0 Å². The Bertz CT molecular complexity index is 446. The SMILES string of the molecule is CCCCCN(C(=O)c1cc(Cl)nc(CC)c1)C(C)C. The van der Waals surface area contributed by atoms with Crippen LogP contribution in [0.25, 0.3) is 0 Å². The fourth-order valence-corrected chi connectivity index (χ4v) is 2.37. The molecule has 0 unspecified atom stereocenters. The Morgan fingerprint density at radius 1 is 1.30 bits per heavy atom. The summed E-state index contributed by atoms with van der Waals surface area (Å²) in [6, 6.07) is 3.71. The van der Waals surface area contributed by atoms with Crippen LogP contribution in [0.4, 0.5) is 0 Å². The minimum absolute atomic E-state index is 0.0510. The van der Waals surface area contributed by atoms with Gasteiger partial charge in [0.1, 0.15) is 5.15 Å². The Hall–Kier alpha value is -1.09. The first-order valence-electron chi connectivity index (χ1n) is 7.47. The Morgan fingerprint density at radius 2 is 2.00 bits per heavy atom. The first kappa shape index (κ1) is 17.0. The number of hydrogen-bond acceptors (Lipinski definition) is 2. The van der Waals surface area contributed by atoms with Gasteiger partial charge in [-0.3, -0.25) is 4.79 Å². The number of halogens is 1. The van der Waals surface area contributed by atoms with Gasteiger partial charge in [0.25, 0.3) is 5.91 Å². The fourth-order valence-electron chi connectivity index (χ4n) is 2.15. The summed E-state index contributed by atoms with van der Waals surface area (Å²) in [4.78, 5) is 18.8. The van der Waals surface area contributed by atoms with Gasteiger partial charge < -0.3 is 4.90 Å². The van der Waals surface area contributed by atoms with Crippen molar-refractivity contribution in [2.45, 2.75) is 59.4 Å². The molecule has 0 saturated carbocycles. The summed E-state index contributed by atoms with van der Waals surface area (Å²) in [7, 11) is 0. The smallest absolute Gasteiger partial charge is 0.254 e. The lowest BCUT2D eigenvalue weighted by Crippen LogP contribution is -2.37. The monoisotopic (exact) mass is 296 g/mol. The molecule has 1 aromatic heterocycles. The molecular formula is C16H25ClN2O. The molecule has 20 heavy (non-hydrogen) atoms. The maximum Gasteiger partial charge on any atom is 0.254 e. The molecule has 1 heterocycles. The number of amides is 1. The number of rotatable bonds is 7. The van der Waals surface area contributed by atoms with E-state index in [0.717, 1.165) is 37.9 Å². The number of carbonyl (C=O) groups is 1. The second-order valence-corrected chi connectivity index (χ2v) is 5.71. The molecule has 1 amide bonds. The fraction of sp³-hybridized carbons (Fsp3) is 0.625. The topological polar surface area (TPSA) is 33.2 Å². The van der Waals surface area contributed by atoms with Gasteiger partial charge >= 0.3 is 0 Å². The molecule has 0 aliphatic heterocycles. The second-order valence-electron chi connectivity index (χ2n) is 5.32. The summed E-state index contributed by atoms with van der Waals surface area (Å²) in [6.07, 6.45) is 4.12. The molecule has 0 aromatic carbocycles. The average Bonchev–Trinajstić information content (AvgIpc) is 2.41. The van der Waals surface area contributed by atoms with E-state index in [1.165, 1.54) is 0 Å². The summed E-state index contributed by atoms with van der Waals surface area (Å²) in [5.74, 6) is 0.0510. The summed E-state index contributed by atoms with van der Waals surface area (Å²) < 4.78 is 0. The van der Waals surface area contributed by atoms with E-state index < -0.39 is 0 Å². The number of aromatic nitrogens is 1. The van der Waals surface area contributed by atoms with E-state index in [0.29, 0.717) is 10.7 Å². The summed E-state index contributed by atoms with van der Waals surface area (Å²) in [5, 5.41) is 0.393. The zero-order chi connectivity index (χ0) is 15.1. The van der Waals surface area contributed by atoms with Crippen molar-refractivity contribution < 1.29 is 4.79 Å². The van der Waals surface area contributed by atoms with Gasteiger partial charge in [0.2, 0.25) is 0 Å². The highest BCUT2D eigenvalue weighted by Crippen LogP contribution is 2.16. The molecule has 0 N–H and O–H groups in total. The third-order valence-electron chi connectivity index (χ3n) is 3.34. The largest absolute Gasteiger partial charge is 0.336 e. The predicted octanol–water partition coefficient (Wildman–Crippen LogP) is 4.34. The van der Waals surface area contributed by atoms with Crippen molar-refractivity contribution in [1.29, 1.82) is 0 Å². The highest BCUT2D eigenvalue weighted by Gasteiger charge is 2.19. The summed E-state index contributed by atoms with van der Waals surface area (Å²) in [6.45, 7) is 9.07. The number of pyridine rings is 1. The quantitative estimate of drug-likeness (QED) is 0.554. The zero-order valence-electron chi connectivity index (χ0n) is 12.9. The van der Waals surface area contributed by atoms with Crippen molar-refractivity contribution in [2.24, 2.45) is 0 Å². The maximum atomic E-state index is 12.6. The van der Waals surface area contributed by atoms with Gasteiger partial charge in [-0.1, -0.05) is 38.3 Å². The number of nitrogens with zero attached hydrogens (tertiary/aromatic N) is 2. The van der Waals surface area contributed by atoms with E-state index in [2.05, 4.69) is 11.9 Å². The van der Waals surface area contributed by atoms with Crippen LogP contribution in [-0.4, -0.2) is 28.4 Å². The molecule has 0 fully saturated rings. The van der Waals surface area contributed by atoms with Crippen LogP contribution in [0.1, 0.15) is 63.0 Å². The molecule has 0 saturated heterocycles. The van der Waals surface area contributed by atoms with Crippen molar-refractivity contribution in [1.82, 2.24) is 9.88 Å². The molecular weight excluding hydrogens is 272 g/mol. The summed E-state index contributed by atoms with van der Waals surface area (Å²) >= 11 is 6.00. The first-order chi connectivity index (χ1) is 9.49. The standard InChI is InChI=1S/C16H25ClN2O/c1-5-7-8-9-19(12(3)4)16(20)13-10-14(6-2)18-15(17)11-13/h10-12H,5-9H2,1-4H3. The van der Waals surface area contributed by atoms with Gasteiger partial charge in [-0.15, -0.1) is 0 Å². The molecule has 1 aromatic rings. The van der Waals surface area contributed by atoms with Crippen molar-refractivity contribution >= 4 is 17.5 Å². The van der Waals surface area contributed by atoms with Crippen LogP contribution in [0.15, 0.2) is 12.1 Å². The third kappa shape index (κ3) is 4.78. The lowest BCUT2D eigenvalue weighted by molar-refractivity contribution is 0.0702. The van der Waals surface area contributed by atoms with E-state index in [-0.39, 0.29) is 11.9 Å². The maximum absolute atomic E-state index is 12.6. The second kappa shape index (κ2) is 8.25. The predicted molar refractivity (Wildman–Crippen MR) is 84.3 cm³/mol. The number of hydrogen-bond donors (Lipinski definition) is 0. The molecule has 0 radical (unpaired) electrons. The van der Waals surface area contributed by atoms with Gasteiger partial charge in [-0.2, -0.15) is 0 Å². The Labute approximate surface area is 127 Å². The van der Waals surface area contributed by atoms with E-state index in [4.69, 9.17) is 11.6 Å². The molecule has 1 rings (SSSR count). The van der Waals surface area contributed by atoms with Gasteiger partial charge in [0, 0.05) is 23.8 Å². The van der Waals surface area contributed by atoms with Gasteiger partial charge in [-0.25, -0.2) is 4.98 Å². The van der Waals surface area contributed by atoms with Crippen LogP contribution in [-0.2, 0) is 6.42 Å². The van der Waals surface area contributed by atoms with Crippen LogP contribution < -0.4 is 0 Å². The molecule has 3 nitrogen and oxygen atoms in total. The molecule has 0 aliphatic carbocycles. The van der Waals surface area contributed by atoms with Crippen molar-refractivity contribution in [3.8, 4) is 0 Å². The zero-order valence-corrected chi connectivity index (χ0v) is 13.7. The highest BCUT2D eigenvalue weighted by molar-refractivity contribution is 6.29. The van der Waals surface area contributed by atoms with Crippen LogP contribution in [0.3, 0.4) is 0 Å². The Morgan fingerprint density at radius 3 is 2.55 bits per heavy atom. The Kier molecular flexibility index (Phi) is 7.00. The number of carbonyl (C=O) groups excluding carboxylic acids is 1. The molecule has 4 heteroatoms. The van der Waals surface area contributed by atoms with Crippen LogP contribution in [0.5, 0.6) is 0 Å². The molecule has 0 atom stereocenters. The van der Waals surface area contributed by atoms with Gasteiger partial charge in [0.15, 0.2) is 0 Å². The average molecular weight is 297 g/mol. The summed E-state index contributed by atoms with van der Waals surface area (Å²) in [5.41, 5.74) is 1.50. The van der Waals surface area contributed by atoms with Crippen molar-refractivity contribution in [3.05, 3.63) is 28.5 Å². The number of aryl methyl sites for hydroxylation is 1. The molecule has 0 aliphatic rings. The van der Waals surface area contributed by atoms with Gasteiger partial charge in [-0.05, 0) is 38.8 Å². The number of unbranched alkanes of at least 4 members (excludes halogenated alkanes) is 2. The van der Waals surface area contributed by atoms with E-state index in [1.807, 2.05) is 31.7 Å². The first-order valence-corrected chi connectivity index (χ1v) is 7.84. The van der Waals surface area contributed by atoms with Crippen molar-refractivity contribution in [3.63, 3.8) is 0 Å². The van der Waals surface area contributed by atoms with Crippen molar-refractivity contribution in [2.75, 3.05) is 6.54 Å². The molecule has 0 bridgehead atoms. The van der Waals surface area contributed by atoms with E-state index in [1.54, 1.807) is 6.07 Å². The normalized spacial score (nSPS) is 10.9. The van der Waals surface area contributed by atoms with Crippen LogP contribution >= 0.6 is 11.6 Å². The van der Waals surface area contributed by atoms with E-state index in [9.17, 15) is 4.79 Å². The highest BCUT2D eigenvalue weighted by atomic mass is 35.5. The molecule has 0 spiro atoms. The van der Waals surface area contributed by atoms with E-state index >= 15 is 0 Å². The Balaban J connectivity index is 2.91. The van der Waals surface area contributed by atoms with Crippen LogP contribution in [0.2, 0.25) is 5.15 Å². The minimum atomic E-state index is 0.0510. The van der Waals surface area contributed by atoms with Gasteiger partial charge in [0.05, 0.1) is 0 Å².